The number of rotatable bonds is 49. The van der Waals surface area contributed by atoms with Crippen LogP contribution in [0.3, 0.4) is 0 Å². The molecule has 3 N–H and O–H groups in total. The van der Waals surface area contributed by atoms with E-state index >= 15 is 0 Å². The van der Waals surface area contributed by atoms with Crippen LogP contribution in [0, 0.1) is 0 Å². The molecule has 0 heterocycles. The lowest BCUT2D eigenvalue weighted by Gasteiger charge is -2.22. The Kier molecular flexibility index (Phi) is 48.6. The van der Waals surface area contributed by atoms with E-state index in [0.29, 0.717) is 25.9 Å². The highest BCUT2D eigenvalue weighted by Crippen LogP contribution is 2.16. The Hall–Kier alpha value is -1.66. The molecular formula is C54H103NO5. The molecule has 0 saturated heterocycles. The molecule has 0 aliphatic heterocycles. The van der Waals surface area contributed by atoms with Crippen molar-refractivity contribution in [2.24, 2.45) is 0 Å². The maximum Gasteiger partial charge on any atom is 0.305 e. The van der Waals surface area contributed by atoms with Crippen LogP contribution in [0.25, 0.3) is 0 Å². The molecule has 2 unspecified atom stereocenters. The third-order valence-electron chi connectivity index (χ3n) is 12.3. The fourth-order valence-corrected chi connectivity index (χ4v) is 8.14. The molecule has 354 valence electrons. The van der Waals surface area contributed by atoms with Gasteiger partial charge in [0.05, 0.1) is 25.4 Å². The molecule has 6 nitrogen and oxygen atoms in total. The van der Waals surface area contributed by atoms with Gasteiger partial charge in [-0.1, -0.05) is 237 Å². The molecule has 0 aromatic carbocycles. The number of hydrogen-bond donors (Lipinski definition) is 3. The molecule has 6 heteroatoms. The maximum absolute atomic E-state index is 12.5. The average molecular weight is 846 g/mol. The number of allylic oxidation sites excluding steroid dienone is 4. The minimum atomic E-state index is -0.676. The lowest BCUT2D eigenvalue weighted by Crippen LogP contribution is -2.45. The molecule has 60 heavy (non-hydrogen) atoms. The predicted molar refractivity (Wildman–Crippen MR) is 260 cm³/mol. The minimum absolute atomic E-state index is 0.0212. The summed E-state index contributed by atoms with van der Waals surface area (Å²) in [5.74, 6) is -0.0748. The third kappa shape index (κ3) is 45.9. The molecule has 0 aromatic rings. The summed E-state index contributed by atoms with van der Waals surface area (Å²) < 4.78 is 5.46. The number of nitrogens with one attached hydrogen (secondary N) is 1. The zero-order valence-corrected chi connectivity index (χ0v) is 40.2. The van der Waals surface area contributed by atoms with Crippen LogP contribution in [-0.4, -0.2) is 47.4 Å². The van der Waals surface area contributed by atoms with E-state index in [0.717, 1.165) is 64.2 Å². The first-order valence-corrected chi connectivity index (χ1v) is 26.6. The summed E-state index contributed by atoms with van der Waals surface area (Å²) in [6.45, 7) is 4.89. The fraction of sp³-hybridized carbons (Fsp3) is 0.889. The van der Waals surface area contributed by atoms with Gasteiger partial charge in [-0.2, -0.15) is 0 Å². The average Bonchev–Trinajstić information content (AvgIpc) is 3.25. The van der Waals surface area contributed by atoms with Crippen molar-refractivity contribution in [1.82, 2.24) is 5.32 Å². The Morgan fingerprint density at radius 1 is 0.467 bits per heavy atom. The second-order valence-corrected chi connectivity index (χ2v) is 18.2. The van der Waals surface area contributed by atoms with Gasteiger partial charge >= 0.3 is 5.97 Å². The molecular weight excluding hydrogens is 743 g/mol. The van der Waals surface area contributed by atoms with Crippen LogP contribution in [0.2, 0.25) is 0 Å². The van der Waals surface area contributed by atoms with Gasteiger partial charge in [0.1, 0.15) is 0 Å². The Balaban J connectivity index is 3.47. The molecule has 0 fully saturated rings. The molecule has 0 radical (unpaired) electrons. The lowest BCUT2D eigenvalue weighted by atomic mass is 10.0. The van der Waals surface area contributed by atoms with Gasteiger partial charge in [-0.25, -0.2) is 0 Å². The van der Waals surface area contributed by atoms with E-state index in [1.807, 2.05) is 0 Å². The van der Waals surface area contributed by atoms with Crippen LogP contribution in [-0.2, 0) is 14.3 Å². The van der Waals surface area contributed by atoms with Crippen molar-refractivity contribution in [2.75, 3.05) is 13.2 Å². The van der Waals surface area contributed by atoms with Gasteiger partial charge < -0.3 is 20.3 Å². The van der Waals surface area contributed by atoms with E-state index in [2.05, 4.69) is 43.5 Å². The number of esters is 1. The number of aliphatic hydroxyl groups is 2. The van der Waals surface area contributed by atoms with Crippen LogP contribution in [0.4, 0.5) is 0 Å². The smallest absolute Gasteiger partial charge is 0.305 e. The predicted octanol–water partition coefficient (Wildman–Crippen LogP) is 15.9. The summed E-state index contributed by atoms with van der Waals surface area (Å²) >= 11 is 0. The molecule has 0 aromatic heterocycles. The Morgan fingerprint density at radius 2 is 0.833 bits per heavy atom. The third-order valence-corrected chi connectivity index (χ3v) is 12.3. The highest BCUT2D eigenvalue weighted by molar-refractivity contribution is 5.76. The van der Waals surface area contributed by atoms with E-state index < -0.39 is 12.1 Å². The SMILES string of the molecule is CCCCC/C=C\C/C=C\CCCCCCCCCC(=O)OCCCCCCCCCCCCCC(=O)NC(CO)C(O)CCCCCCCCCCCCCCCCC. The molecule has 0 aliphatic rings. The van der Waals surface area contributed by atoms with Gasteiger partial charge in [-0.3, -0.25) is 9.59 Å². The van der Waals surface area contributed by atoms with Crippen molar-refractivity contribution in [1.29, 1.82) is 0 Å². The van der Waals surface area contributed by atoms with Crippen LogP contribution < -0.4 is 5.32 Å². The zero-order valence-electron chi connectivity index (χ0n) is 40.2. The Morgan fingerprint density at radius 3 is 1.30 bits per heavy atom. The fourth-order valence-electron chi connectivity index (χ4n) is 8.14. The molecule has 1 amide bonds. The van der Waals surface area contributed by atoms with Crippen LogP contribution in [0.5, 0.6) is 0 Å². The minimum Gasteiger partial charge on any atom is -0.466 e. The summed E-state index contributed by atoms with van der Waals surface area (Å²) in [4.78, 5) is 24.5. The number of carbonyl (C=O) groups excluding carboxylic acids is 2. The van der Waals surface area contributed by atoms with Gasteiger partial charge in [-0.15, -0.1) is 0 Å². The summed E-state index contributed by atoms with van der Waals surface area (Å²) in [7, 11) is 0. The molecule has 0 spiro atoms. The van der Waals surface area contributed by atoms with E-state index in [1.165, 1.54) is 186 Å². The first-order valence-electron chi connectivity index (χ1n) is 26.6. The number of amides is 1. The number of carbonyl (C=O) groups is 2. The maximum atomic E-state index is 12.5. The van der Waals surface area contributed by atoms with Gasteiger partial charge in [0.15, 0.2) is 0 Å². The van der Waals surface area contributed by atoms with Crippen molar-refractivity contribution in [3.05, 3.63) is 24.3 Å². The molecule has 0 bridgehead atoms. The second-order valence-electron chi connectivity index (χ2n) is 18.2. The molecule has 2 atom stereocenters. The van der Waals surface area contributed by atoms with Gasteiger partial charge in [0.2, 0.25) is 5.91 Å². The first kappa shape index (κ1) is 58.3. The summed E-state index contributed by atoms with van der Waals surface area (Å²) in [6.07, 6.45) is 58.5. The standard InChI is InChI=1S/C54H103NO5/c1-3-5-7-9-11-13-15-17-19-20-22-24-28-32-36-40-44-48-54(59)60-49-45-41-37-33-29-25-27-31-35-39-43-47-53(58)55-51(50-56)52(57)46-42-38-34-30-26-23-21-18-16-14-12-10-8-6-4-2/h11,13,17,19,51-52,56-57H,3-10,12,14-16,18,20-50H2,1-2H3,(H,55,58)/b13-11-,19-17-. The monoisotopic (exact) mass is 846 g/mol. The normalized spacial score (nSPS) is 12.8. The number of aliphatic hydroxyl groups excluding tert-OH is 2. The van der Waals surface area contributed by atoms with E-state index in [1.54, 1.807) is 0 Å². The number of ether oxygens (including phenoxy) is 1. The van der Waals surface area contributed by atoms with E-state index in [-0.39, 0.29) is 18.5 Å². The van der Waals surface area contributed by atoms with Crippen LogP contribution >= 0.6 is 0 Å². The molecule has 0 saturated carbocycles. The van der Waals surface area contributed by atoms with Gasteiger partial charge in [-0.05, 0) is 57.8 Å². The molecule has 0 rings (SSSR count). The number of unbranched alkanes of at least 4 members (excludes halogenated alkanes) is 34. The summed E-state index contributed by atoms with van der Waals surface area (Å²) in [5.41, 5.74) is 0. The van der Waals surface area contributed by atoms with Crippen molar-refractivity contribution >= 4 is 11.9 Å². The van der Waals surface area contributed by atoms with E-state index in [9.17, 15) is 19.8 Å². The summed E-state index contributed by atoms with van der Waals surface area (Å²) in [5, 5.41) is 23.2. The topological polar surface area (TPSA) is 95.9 Å². The molecule has 0 aliphatic carbocycles. The van der Waals surface area contributed by atoms with Crippen molar-refractivity contribution in [3.63, 3.8) is 0 Å². The van der Waals surface area contributed by atoms with Crippen LogP contribution in [0.15, 0.2) is 24.3 Å². The van der Waals surface area contributed by atoms with Crippen molar-refractivity contribution in [2.45, 2.75) is 296 Å². The van der Waals surface area contributed by atoms with Gasteiger partial charge in [0, 0.05) is 12.8 Å². The first-order chi connectivity index (χ1) is 29.5. The Bertz CT molecular complexity index is 935. The largest absolute Gasteiger partial charge is 0.466 e. The zero-order chi connectivity index (χ0) is 43.7. The Labute approximate surface area is 373 Å². The van der Waals surface area contributed by atoms with E-state index in [4.69, 9.17) is 4.74 Å². The lowest BCUT2D eigenvalue weighted by molar-refractivity contribution is -0.143. The van der Waals surface area contributed by atoms with Crippen LogP contribution in [0.1, 0.15) is 284 Å². The second kappa shape index (κ2) is 50.0. The van der Waals surface area contributed by atoms with Crippen molar-refractivity contribution < 1.29 is 24.5 Å². The van der Waals surface area contributed by atoms with Gasteiger partial charge in [0.25, 0.3) is 0 Å². The highest BCUT2D eigenvalue weighted by atomic mass is 16.5. The quantitative estimate of drug-likeness (QED) is 0.0322. The number of hydrogen-bond acceptors (Lipinski definition) is 5. The summed E-state index contributed by atoms with van der Waals surface area (Å²) in [6, 6.07) is -0.556. The highest BCUT2D eigenvalue weighted by Gasteiger charge is 2.20. The van der Waals surface area contributed by atoms with Crippen molar-refractivity contribution in [3.8, 4) is 0 Å².